The van der Waals surface area contributed by atoms with Crippen molar-refractivity contribution in [2.24, 2.45) is 0 Å². The van der Waals surface area contributed by atoms with Crippen LogP contribution >= 0.6 is 11.6 Å². The topological polar surface area (TPSA) is 42.4 Å². The van der Waals surface area contributed by atoms with E-state index in [2.05, 4.69) is 24.0 Å². The number of hydrogen-bond donors (Lipinski definition) is 0. The predicted octanol–water partition coefficient (Wildman–Crippen LogP) is 4.38. The number of pyridine rings is 1. The number of amides is 1. The van der Waals surface area contributed by atoms with E-state index < -0.39 is 5.41 Å². The average Bonchev–Trinajstić information content (AvgIpc) is 2.64. The molecule has 1 aromatic heterocycles. The first-order valence-electron chi connectivity index (χ1n) is 8.54. The minimum absolute atomic E-state index is 0.0274. The SMILES string of the molecule is COc1nc(Cl)ccc1C1(C)CCCN([C@@H](C)c2ccccc2)C1=O. The van der Waals surface area contributed by atoms with Gasteiger partial charge in [0, 0.05) is 12.1 Å². The number of piperidine rings is 1. The lowest BCUT2D eigenvalue weighted by molar-refractivity contribution is -0.142. The van der Waals surface area contributed by atoms with Gasteiger partial charge in [0.1, 0.15) is 5.15 Å². The van der Waals surface area contributed by atoms with Gasteiger partial charge in [-0.05, 0) is 44.4 Å². The van der Waals surface area contributed by atoms with Gasteiger partial charge in [-0.2, -0.15) is 0 Å². The van der Waals surface area contributed by atoms with Gasteiger partial charge in [-0.1, -0.05) is 41.9 Å². The van der Waals surface area contributed by atoms with E-state index in [1.165, 1.54) is 0 Å². The van der Waals surface area contributed by atoms with E-state index in [1.54, 1.807) is 13.2 Å². The molecule has 1 unspecified atom stereocenters. The van der Waals surface area contributed by atoms with Crippen LogP contribution in [0.1, 0.15) is 43.9 Å². The molecule has 1 aliphatic rings. The smallest absolute Gasteiger partial charge is 0.233 e. The Morgan fingerprint density at radius 3 is 2.64 bits per heavy atom. The fraction of sp³-hybridized carbons (Fsp3) is 0.400. The van der Waals surface area contributed by atoms with Crippen LogP contribution in [0.15, 0.2) is 42.5 Å². The van der Waals surface area contributed by atoms with Crippen LogP contribution in [0.4, 0.5) is 0 Å². The number of methoxy groups -OCH3 is 1. The molecule has 3 rings (SSSR count). The molecule has 1 fully saturated rings. The minimum atomic E-state index is -0.662. The third-order valence-corrected chi connectivity index (χ3v) is 5.38. The van der Waals surface area contributed by atoms with Crippen molar-refractivity contribution < 1.29 is 9.53 Å². The van der Waals surface area contributed by atoms with Gasteiger partial charge in [-0.3, -0.25) is 4.79 Å². The fourth-order valence-electron chi connectivity index (χ4n) is 3.65. The molecule has 0 N–H and O–H groups in total. The molecule has 1 aliphatic heterocycles. The number of halogens is 1. The molecule has 4 nitrogen and oxygen atoms in total. The Balaban J connectivity index is 1.96. The highest BCUT2D eigenvalue weighted by atomic mass is 35.5. The Hall–Kier alpha value is -2.07. The maximum absolute atomic E-state index is 13.4. The first-order chi connectivity index (χ1) is 12.0. The Morgan fingerprint density at radius 2 is 1.96 bits per heavy atom. The van der Waals surface area contributed by atoms with Crippen molar-refractivity contribution in [1.82, 2.24) is 9.88 Å². The van der Waals surface area contributed by atoms with Crippen LogP contribution in [0, 0.1) is 0 Å². The minimum Gasteiger partial charge on any atom is -0.481 e. The summed E-state index contributed by atoms with van der Waals surface area (Å²) in [4.78, 5) is 19.6. The number of nitrogens with zero attached hydrogens (tertiary/aromatic N) is 2. The summed E-state index contributed by atoms with van der Waals surface area (Å²) >= 11 is 5.99. The van der Waals surface area contributed by atoms with Crippen LogP contribution in [0.3, 0.4) is 0 Å². The molecule has 1 saturated heterocycles. The monoisotopic (exact) mass is 358 g/mol. The molecule has 132 valence electrons. The van der Waals surface area contributed by atoms with E-state index >= 15 is 0 Å². The second-order valence-corrected chi connectivity index (χ2v) is 7.10. The van der Waals surface area contributed by atoms with Crippen molar-refractivity contribution in [3.8, 4) is 5.88 Å². The maximum Gasteiger partial charge on any atom is 0.233 e. The quantitative estimate of drug-likeness (QED) is 0.761. The summed E-state index contributed by atoms with van der Waals surface area (Å²) < 4.78 is 5.41. The van der Waals surface area contributed by atoms with Crippen molar-refractivity contribution >= 4 is 17.5 Å². The van der Waals surface area contributed by atoms with Crippen molar-refractivity contribution in [2.45, 2.75) is 38.1 Å². The summed E-state index contributed by atoms with van der Waals surface area (Å²) in [5, 5.41) is 0.363. The third kappa shape index (κ3) is 3.23. The molecule has 0 saturated carbocycles. The first-order valence-corrected chi connectivity index (χ1v) is 8.92. The van der Waals surface area contributed by atoms with Crippen molar-refractivity contribution in [3.05, 3.63) is 58.7 Å². The molecule has 2 aromatic rings. The molecule has 2 heterocycles. The molecule has 2 atom stereocenters. The zero-order valence-electron chi connectivity index (χ0n) is 14.8. The van der Waals surface area contributed by atoms with Crippen LogP contribution in [0.25, 0.3) is 0 Å². The van der Waals surface area contributed by atoms with Gasteiger partial charge < -0.3 is 9.64 Å². The zero-order chi connectivity index (χ0) is 18.0. The second-order valence-electron chi connectivity index (χ2n) is 6.71. The number of likely N-dealkylation sites (tertiary alicyclic amines) is 1. The number of carbonyl (C=O) groups excluding carboxylic acids is 1. The molecule has 0 bridgehead atoms. The predicted molar refractivity (Wildman–Crippen MR) is 99.0 cm³/mol. The Bertz CT molecular complexity index is 766. The van der Waals surface area contributed by atoms with Gasteiger partial charge in [0.25, 0.3) is 0 Å². The molecule has 0 spiro atoms. The van der Waals surface area contributed by atoms with E-state index in [1.807, 2.05) is 36.1 Å². The van der Waals surface area contributed by atoms with Gasteiger partial charge in [0.05, 0.1) is 18.6 Å². The lowest BCUT2D eigenvalue weighted by atomic mass is 9.74. The first kappa shape index (κ1) is 17.7. The molecule has 25 heavy (non-hydrogen) atoms. The summed E-state index contributed by atoms with van der Waals surface area (Å²) in [6.07, 6.45) is 1.70. The van der Waals surface area contributed by atoms with Crippen LogP contribution in [-0.4, -0.2) is 29.4 Å². The van der Waals surface area contributed by atoms with Gasteiger partial charge in [0.15, 0.2) is 0 Å². The van der Waals surface area contributed by atoms with E-state index in [0.717, 1.165) is 30.5 Å². The Kier molecular flexibility index (Phi) is 5.00. The number of ether oxygens (including phenoxy) is 1. The van der Waals surface area contributed by atoms with Gasteiger partial charge in [-0.25, -0.2) is 4.98 Å². The van der Waals surface area contributed by atoms with Crippen molar-refractivity contribution in [2.75, 3.05) is 13.7 Å². The van der Waals surface area contributed by atoms with E-state index in [4.69, 9.17) is 16.3 Å². The maximum atomic E-state index is 13.4. The van der Waals surface area contributed by atoms with Crippen molar-refractivity contribution in [3.63, 3.8) is 0 Å². The van der Waals surface area contributed by atoms with Crippen LogP contribution < -0.4 is 4.74 Å². The average molecular weight is 359 g/mol. The molecule has 5 heteroatoms. The number of aromatic nitrogens is 1. The molecule has 0 aliphatic carbocycles. The van der Waals surface area contributed by atoms with Crippen LogP contribution in [0.5, 0.6) is 5.88 Å². The molecular formula is C20H23ClN2O2. The lowest BCUT2D eigenvalue weighted by Crippen LogP contribution is -2.50. The summed E-state index contributed by atoms with van der Waals surface area (Å²) in [6, 6.07) is 13.7. The summed E-state index contributed by atoms with van der Waals surface area (Å²) in [7, 11) is 1.56. The van der Waals surface area contributed by atoms with Gasteiger partial charge in [-0.15, -0.1) is 0 Å². The highest BCUT2D eigenvalue weighted by Crippen LogP contribution is 2.41. The summed E-state index contributed by atoms with van der Waals surface area (Å²) in [6.45, 7) is 4.82. The Morgan fingerprint density at radius 1 is 1.24 bits per heavy atom. The number of rotatable bonds is 4. The van der Waals surface area contributed by atoms with Crippen LogP contribution in [-0.2, 0) is 10.2 Å². The van der Waals surface area contributed by atoms with E-state index in [-0.39, 0.29) is 11.9 Å². The summed E-state index contributed by atoms with van der Waals surface area (Å²) in [5.74, 6) is 0.537. The Labute approximate surface area is 153 Å². The number of benzene rings is 1. The van der Waals surface area contributed by atoms with E-state index in [0.29, 0.717) is 11.0 Å². The largest absolute Gasteiger partial charge is 0.481 e. The second kappa shape index (κ2) is 7.04. The number of hydrogen-bond acceptors (Lipinski definition) is 3. The third-order valence-electron chi connectivity index (χ3n) is 5.17. The molecule has 1 aromatic carbocycles. The molecule has 0 radical (unpaired) electrons. The molecular weight excluding hydrogens is 336 g/mol. The van der Waals surface area contributed by atoms with Gasteiger partial charge in [0.2, 0.25) is 11.8 Å². The highest BCUT2D eigenvalue weighted by Gasteiger charge is 2.44. The normalized spacial score (nSPS) is 21.9. The zero-order valence-corrected chi connectivity index (χ0v) is 15.6. The number of carbonyl (C=O) groups is 1. The summed E-state index contributed by atoms with van der Waals surface area (Å²) in [5.41, 5.74) is 1.28. The highest BCUT2D eigenvalue weighted by molar-refractivity contribution is 6.29. The standard InChI is InChI=1S/C20H23ClN2O2/c1-14(15-8-5-4-6-9-15)23-13-7-12-20(2,19(23)24)16-10-11-17(21)22-18(16)25-3/h4-6,8-11,14H,7,12-13H2,1-3H3/t14-,20?/m0/s1. The van der Waals surface area contributed by atoms with Crippen LogP contribution in [0.2, 0.25) is 5.15 Å². The fourth-order valence-corrected chi connectivity index (χ4v) is 3.79. The molecule has 1 amide bonds. The van der Waals surface area contributed by atoms with Crippen molar-refractivity contribution in [1.29, 1.82) is 0 Å². The van der Waals surface area contributed by atoms with Gasteiger partial charge >= 0.3 is 0 Å². The van der Waals surface area contributed by atoms with E-state index in [9.17, 15) is 4.79 Å². The lowest BCUT2D eigenvalue weighted by Gasteiger charge is -2.42.